The van der Waals surface area contributed by atoms with Gasteiger partial charge in [-0.2, -0.15) is 0 Å². The Morgan fingerprint density at radius 3 is 1.18 bits per heavy atom. The first-order chi connectivity index (χ1) is 18.9. The van der Waals surface area contributed by atoms with E-state index in [2.05, 4.69) is 27.7 Å². The van der Waals surface area contributed by atoms with E-state index < -0.39 is 11.8 Å². The van der Waals surface area contributed by atoms with Crippen LogP contribution in [0.15, 0.2) is 24.3 Å². The molecule has 0 bridgehead atoms. The van der Waals surface area contributed by atoms with E-state index in [0.29, 0.717) is 51.7 Å². The molecule has 0 fully saturated rings. The lowest BCUT2D eigenvalue weighted by Crippen LogP contribution is -2.26. The summed E-state index contributed by atoms with van der Waals surface area (Å²) in [5.41, 5.74) is 0. The van der Waals surface area contributed by atoms with Gasteiger partial charge in [-0.05, 0) is 61.5 Å². The van der Waals surface area contributed by atoms with Gasteiger partial charge in [0.15, 0.2) is 0 Å². The molecule has 0 saturated heterocycles. The van der Waals surface area contributed by atoms with E-state index in [1.807, 2.05) is 52.0 Å². The third-order valence-electron chi connectivity index (χ3n) is 7.71. The van der Waals surface area contributed by atoms with E-state index in [9.17, 15) is 19.2 Å². The van der Waals surface area contributed by atoms with Gasteiger partial charge in [-0.25, -0.2) is 0 Å². The molecule has 0 aliphatic heterocycles. The number of benzene rings is 1. The van der Waals surface area contributed by atoms with Gasteiger partial charge in [0.25, 0.3) is 0 Å². The highest BCUT2D eigenvalue weighted by Crippen LogP contribution is 2.27. The zero-order valence-electron chi connectivity index (χ0n) is 26.3. The minimum Gasteiger partial charge on any atom is -0.493 e. The molecule has 0 aromatic heterocycles. The molecule has 1 aromatic carbocycles. The lowest BCUT2D eigenvalue weighted by Gasteiger charge is -2.22. The second-order valence-corrected chi connectivity index (χ2v) is 11.8. The van der Waals surface area contributed by atoms with Crippen LogP contribution in [0, 0.1) is 35.5 Å². The minimum absolute atomic E-state index is 0.0468. The molecule has 1 aromatic rings. The number of hydrogen-bond donors (Lipinski definition) is 0. The SMILES string of the molecule is CCC(=O)C(CC(C)CC(C)COc1cccc(OCC(C)CC(C)CC(C(=O)CC)C(=O)CC)c1)C(=O)CC. The van der Waals surface area contributed by atoms with Crippen LogP contribution in [0.2, 0.25) is 0 Å². The summed E-state index contributed by atoms with van der Waals surface area (Å²) in [5, 5.41) is 0. The zero-order valence-corrected chi connectivity index (χ0v) is 26.3. The average molecular weight is 559 g/mol. The molecule has 40 heavy (non-hydrogen) atoms. The van der Waals surface area contributed by atoms with Gasteiger partial charge < -0.3 is 9.47 Å². The Bertz CT molecular complexity index is 835. The lowest BCUT2D eigenvalue weighted by atomic mass is 9.83. The van der Waals surface area contributed by atoms with Crippen LogP contribution in [0.3, 0.4) is 0 Å². The van der Waals surface area contributed by atoms with Crippen molar-refractivity contribution in [2.24, 2.45) is 35.5 Å². The van der Waals surface area contributed by atoms with Gasteiger partial charge in [0, 0.05) is 31.7 Å². The summed E-state index contributed by atoms with van der Waals surface area (Å²) in [7, 11) is 0. The third kappa shape index (κ3) is 12.8. The highest BCUT2D eigenvalue weighted by molar-refractivity contribution is 6.02. The Hall–Kier alpha value is -2.50. The first kappa shape index (κ1) is 35.5. The van der Waals surface area contributed by atoms with Gasteiger partial charge in [-0.15, -0.1) is 0 Å². The monoisotopic (exact) mass is 558 g/mol. The largest absolute Gasteiger partial charge is 0.493 e. The van der Waals surface area contributed by atoms with Crippen LogP contribution in [0.4, 0.5) is 0 Å². The van der Waals surface area contributed by atoms with Gasteiger partial charge in [0.05, 0.1) is 25.0 Å². The molecule has 226 valence electrons. The summed E-state index contributed by atoms with van der Waals surface area (Å²) >= 11 is 0. The molecule has 0 amide bonds. The number of ether oxygens (including phenoxy) is 2. The Labute approximate surface area is 243 Å². The molecule has 6 nitrogen and oxygen atoms in total. The Morgan fingerprint density at radius 1 is 0.550 bits per heavy atom. The molecule has 0 aliphatic rings. The van der Waals surface area contributed by atoms with E-state index in [-0.39, 0.29) is 46.8 Å². The summed E-state index contributed by atoms with van der Waals surface area (Å²) in [6.45, 7) is 16.8. The van der Waals surface area contributed by atoms with Crippen molar-refractivity contribution >= 4 is 23.1 Å². The topological polar surface area (TPSA) is 86.7 Å². The maximum absolute atomic E-state index is 12.3. The molecular weight excluding hydrogens is 504 g/mol. The fraction of sp³-hybridized carbons (Fsp3) is 0.706. The zero-order chi connectivity index (χ0) is 30.2. The van der Waals surface area contributed by atoms with Crippen molar-refractivity contribution in [1.82, 2.24) is 0 Å². The normalized spacial score (nSPS) is 14.4. The summed E-state index contributed by atoms with van der Waals surface area (Å²) in [5.74, 6) is 1.79. The van der Waals surface area contributed by atoms with Gasteiger partial charge >= 0.3 is 0 Å². The maximum Gasteiger partial charge on any atom is 0.143 e. The van der Waals surface area contributed by atoms with E-state index in [4.69, 9.17) is 9.47 Å². The van der Waals surface area contributed by atoms with E-state index in [1.54, 1.807) is 0 Å². The molecular formula is C34H54O6. The smallest absolute Gasteiger partial charge is 0.143 e. The van der Waals surface area contributed by atoms with Crippen LogP contribution in [0.1, 0.15) is 107 Å². The van der Waals surface area contributed by atoms with Crippen LogP contribution >= 0.6 is 0 Å². The number of rotatable bonds is 22. The molecule has 0 aliphatic carbocycles. The van der Waals surface area contributed by atoms with Gasteiger partial charge in [-0.3, -0.25) is 19.2 Å². The molecule has 0 radical (unpaired) electrons. The Balaban J connectivity index is 2.55. The molecule has 4 unspecified atom stereocenters. The summed E-state index contributed by atoms with van der Waals surface area (Å²) < 4.78 is 12.1. The van der Waals surface area contributed by atoms with Crippen molar-refractivity contribution in [2.75, 3.05) is 13.2 Å². The molecule has 0 N–H and O–H groups in total. The van der Waals surface area contributed by atoms with Crippen LogP contribution in [0.5, 0.6) is 11.5 Å². The second kappa shape index (κ2) is 18.8. The second-order valence-electron chi connectivity index (χ2n) is 11.8. The van der Waals surface area contributed by atoms with Crippen LogP contribution < -0.4 is 9.47 Å². The maximum atomic E-state index is 12.3. The molecule has 6 heteroatoms. The Morgan fingerprint density at radius 2 is 0.875 bits per heavy atom. The average Bonchev–Trinajstić information content (AvgIpc) is 2.95. The predicted molar refractivity (Wildman–Crippen MR) is 161 cm³/mol. The number of Topliss-reactive ketones (excluding diaryl/α,β-unsaturated/α-hetero) is 4. The molecule has 0 heterocycles. The van der Waals surface area contributed by atoms with Crippen LogP contribution in [0.25, 0.3) is 0 Å². The van der Waals surface area contributed by atoms with Crippen molar-refractivity contribution in [1.29, 1.82) is 0 Å². The number of carbonyl (C=O) groups is 4. The minimum atomic E-state index is -0.476. The van der Waals surface area contributed by atoms with Crippen molar-refractivity contribution in [3.8, 4) is 11.5 Å². The number of ketones is 4. The highest BCUT2D eigenvalue weighted by atomic mass is 16.5. The molecule has 4 atom stereocenters. The quantitative estimate of drug-likeness (QED) is 0.136. The summed E-state index contributed by atoms with van der Waals surface area (Å²) in [6, 6.07) is 7.65. The fourth-order valence-corrected chi connectivity index (χ4v) is 5.51. The number of carbonyl (C=O) groups excluding carboxylic acids is 4. The standard InChI is InChI=1S/C34H54O6/c1-9-31(35)29(32(36)10-2)18-23(5)16-25(7)21-39-27-14-13-15-28(20-27)40-22-26(8)17-24(6)19-30(33(37)11-3)34(38)12-4/h13-15,20,23-26,29-30H,9-12,16-19,21-22H2,1-8H3. The van der Waals surface area contributed by atoms with Crippen molar-refractivity contribution in [2.45, 2.75) is 107 Å². The van der Waals surface area contributed by atoms with Gasteiger partial charge in [-0.1, -0.05) is 61.5 Å². The molecule has 0 spiro atoms. The van der Waals surface area contributed by atoms with Gasteiger partial charge in [0.1, 0.15) is 34.6 Å². The number of hydrogen-bond acceptors (Lipinski definition) is 6. The fourth-order valence-electron chi connectivity index (χ4n) is 5.51. The highest BCUT2D eigenvalue weighted by Gasteiger charge is 2.27. The van der Waals surface area contributed by atoms with E-state index in [1.165, 1.54) is 0 Å². The van der Waals surface area contributed by atoms with Crippen molar-refractivity contribution in [3.05, 3.63) is 24.3 Å². The first-order valence-corrected chi connectivity index (χ1v) is 15.4. The van der Waals surface area contributed by atoms with E-state index in [0.717, 1.165) is 24.3 Å². The summed E-state index contributed by atoms with van der Waals surface area (Å²) in [4.78, 5) is 49.0. The van der Waals surface area contributed by atoms with Crippen molar-refractivity contribution < 1.29 is 28.7 Å². The first-order valence-electron chi connectivity index (χ1n) is 15.4. The predicted octanol–water partition coefficient (Wildman–Crippen LogP) is 7.70. The lowest BCUT2D eigenvalue weighted by molar-refractivity contribution is -0.134. The van der Waals surface area contributed by atoms with Gasteiger partial charge in [0.2, 0.25) is 0 Å². The van der Waals surface area contributed by atoms with E-state index >= 15 is 0 Å². The van der Waals surface area contributed by atoms with Crippen LogP contribution in [-0.4, -0.2) is 36.3 Å². The summed E-state index contributed by atoms with van der Waals surface area (Å²) in [6.07, 6.45) is 4.58. The molecule has 0 saturated carbocycles. The van der Waals surface area contributed by atoms with Crippen LogP contribution in [-0.2, 0) is 19.2 Å². The Kier molecular flexibility index (Phi) is 16.7. The van der Waals surface area contributed by atoms with Crippen molar-refractivity contribution in [3.63, 3.8) is 0 Å². The third-order valence-corrected chi connectivity index (χ3v) is 7.71. The molecule has 1 rings (SSSR count).